The molecule has 27 heavy (non-hydrogen) atoms. The minimum absolute atomic E-state index is 0.154. The SMILES string of the molecule is COc1ccccc1C(=O)/C=C/c1ccc(COc2ccc(Cl)c(C)c2)o1. The Bertz CT molecular complexity index is 972. The Kier molecular flexibility index (Phi) is 5.99. The van der Waals surface area contributed by atoms with Gasteiger partial charge in [-0.2, -0.15) is 0 Å². The van der Waals surface area contributed by atoms with Crippen molar-refractivity contribution in [3.05, 3.63) is 88.3 Å². The number of allylic oxidation sites excluding steroid dienone is 1. The average Bonchev–Trinajstić information content (AvgIpc) is 3.15. The molecule has 3 aromatic rings. The van der Waals surface area contributed by atoms with E-state index >= 15 is 0 Å². The highest BCUT2D eigenvalue weighted by molar-refractivity contribution is 6.31. The molecule has 0 aliphatic carbocycles. The summed E-state index contributed by atoms with van der Waals surface area (Å²) in [4.78, 5) is 12.3. The van der Waals surface area contributed by atoms with Crippen LogP contribution in [0.2, 0.25) is 5.02 Å². The van der Waals surface area contributed by atoms with Gasteiger partial charge in [-0.05, 0) is 67.1 Å². The van der Waals surface area contributed by atoms with Crippen LogP contribution < -0.4 is 9.47 Å². The van der Waals surface area contributed by atoms with Gasteiger partial charge in [-0.15, -0.1) is 0 Å². The maximum absolute atomic E-state index is 12.3. The number of hydrogen-bond acceptors (Lipinski definition) is 4. The third-order valence-corrected chi connectivity index (χ3v) is 4.39. The molecule has 1 heterocycles. The molecule has 0 saturated carbocycles. The summed E-state index contributed by atoms with van der Waals surface area (Å²) in [5.74, 6) is 2.34. The van der Waals surface area contributed by atoms with E-state index in [9.17, 15) is 4.79 Å². The fourth-order valence-electron chi connectivity index (χ4n) is 2.52. The highest BCUT2D eigenvalue weighted by Crippen LogP contribution is 2.22. The number of carbonyl (C=O) groups excluding carboxylic acids is 1. The van der Waals surface area contributed by atoms with Crippen molar-refractivity contribution in [2.45, 2.75) is 13.5 Å². The quantitative estimate of drug-likeness (QED) is 0.387. The summed E-state index contributed by atoms with van der Waals surface area (Å²) in [5.41, 5.74) is 1.46. The number of benzene rings is 2. The Balaban J connectivity index is 1.62. The number of para-hydroxylation sites is 1. The van der Waals surface area contributed by atoms with E-state index in [0.717, 1.165) is 11.3 Å². The van der Waals surface area contributed by atoms with E-state index in [1.807, 2.05) is 31.2 Å². The molecule has 1 aromatic heterocycles. The molecular formula is C22H19ClO4. The van der Waals surface area contributed by atoms with Gasteiger partial charge < -0.3 is 13.9 Å². The number of aryl methyl sites for hydroxylation is 1. The predicted molar refractivity (Wildman–Crippen MR) is 106 cm³/mol. The van der Waals surface area contributed by atoms with Crippen LogP contribution in [0.4, 0.5) is 0 Å². The first-order valence-electron chi connectivity index (χ1n) is 8.40. The normalized spacial score (nSPS) is 10.9. The lowest BCUT2D eigenvalue weighted by Crippen LogP contribution is -1.98. The van der Waals surface area contributed by atoms with Gasteiger partial charge in [0, 0.05) is 5.02 Å². The molecule has 0 radical (unpaired) electrons. The highest BCUT2D eigenvalue weighted by Gasteiger charge is 2.09. The highest BCUT2D eigenvalue weighted by atomic mass is 35.5. The van der Waals surface area contributed by atoms with E-state index in [1.165, 1.54) is 13.2 Å². The summed E-state index contributed by atoms with van der Waals surface area (Å²) in [5, 5.41) is 0.701. The number of rotatable bonds is 7. The Labute approximate surface area is 163 Å². The number of hydrogen-bond donors (Lipinski definition) is 0. The molecule has 0 unspecified atom stereocenters. The van der Waals surface area contributed by atoms with Gasteiger partial charge in [0.1, 0.15) is 29.6 Å². The topological polar surface area (TPSA) is 48.7 Å². The molecular weight excluding hydrogens is 364 g/mol. The number of ketones is 1. The fraction of sp³-hybridized carbons (Fsp3) is 0.136. The zero-order valence-corrected chi connectivity index (χ0v) is 15.8. The van der Waals surface area contributed by atoms with Crippen LogP contribution in [0.25, 0.3) is 6.08 Å². The molecule has 5 heteroatoms. The van der Waals surface area contributed by atoms with E-state index in [2.05, 4.69) is 0 Å². The van der Waals surface area contributed by atoms with Crippen LogP contribution in [0.3, 0.4) is 0 Å². The predicted octanol–water partition coefficient (Wildman–Crippen LogP) is 5.73. The van der Waals surface area contributed by atoms with Crippen LogP contribution in [0.15, 0.2) is 65.1 Å². The second-order valence-electron chi connectivity index (χ2n) is 5.90. The summed E-state index contributed by atoms with van der Waals surface area (Å²) >= 11 is 6.01. The summed E-state index contributed by atoms with van der Waals surface area (Å²) in [6, 6.07) is 16.2. The van der Waals surface area contributed by atoms with E-state index in [0.29, 0.717) is 27.9 Å². The van der Waals surface area contributed by atoms with Gasteiger partial charge in [0.2, 0.25) is 0 Å². The van der Waals surface area contributed by atoms with Crippen LogP contribution >= 0.6 is 11.6 Å². The van der Waals surface area contributed by atoms with Gasteiger partial charge in [0.05, 0.1) is 12.7 Å². The molecule has 138 valence electrons. The lowest BCUT2D eigenvalue weighted by Gasteiger charge is -2.06. The van der Waals surface area contributed by atoms with Crippen molar-refractivity contribution in [1.29, 1.82) is 0 Å². The lowest BCUT2D eigenvalue weighted by molar-refractivity contribution is 0.104. The third-order valence-electron chi connectivity index (χ3n) is 3.96. The Hall–Kier alpha value is -2.98. The lowest BCUT2D eigenvalue weighted by atomic mass is 10.1. The third kappa shape index (κ3) is 4.80. The number of ether oxygens (including phenoxy) is 2. The molecule has 4 nitrogen and oxygen atoms in total. The first-order chi connectivity index (χ1) is 13.1. The Morgan fingerprint density at radius 3 is 2.74 bits per heavy atom. The standard InChI is InChI=1S/C22H19ClO4/c1-15-13-17(9-11-20(15)23)26-14-18-8-7-16(27-18)10-12-21(24)19-5-3-4-6-22(19)25-2/h3-13H,14H2,1-2H3/b12-10+. The zero-order chi connectivity index (χ0) is 19.2. The van der Waals surface area contributed by atoms with Gasteiger partial charge in [-0.25, -0.2) is 0 Å². The minimum Gasteiger partial charge on any atom is -0.496 e. The van der Waals surface area contributed by atoms with Crippen molar-refractivity contribution in [3.63, 3.8) is 0 Å². The van der Waals surface area contributed by atoms with Crippen LogP contribution in [0.1, 0.15) is 27.4 Å². The number of methoxy groups -OCH3 is 1. The monoisotopic (exact) mass is 382 g/mol. The molecule has 3 rings (SSSR count). The van der Waals surface area contributed by atoms with Gasteiger partial charge in [0.25, 0.3) is 0 Å². The molecule has 0 aliphatic rings. The van der Waals surface area contributed by atoms with Crippen LogP contribution in [0, 0.1) is 6.92 Å². The van der Waals surface area contributed by atoms with Gasteiger partial charge in [-0.1, -0.05) is 23.7 Å². The van der Waals surface area contributed by atoms with Gasteiger partial charge in [-0.3, -0.25) is 4.79 Å². The second-order valence-corrected chi connectivity index (χ2v) is 6.31. The molecule has 0 atom stereocenters. The van der Waals surface area contributed by atoms with E-state index in [4.69, 9.17) is 25.5 Å². The molecule has 0 fully saturated rings. The van der Waals surface area contributed by atoms with Crippen molar-refractivity contribution in [1.82, 2.24) is 0 Å². The van der Waals surface area contributed by atoms with Crippen molar-refractivity contribution in [3.8, 4) is 11.5 Å². The van der Waals surface area contributed by atoms with Gasteiger partial charge >= 0.3 is 0 Å². The zero-order valence-electron chi connectivity index (χ0n) is 15.1. The molecule has 2 aromatic carbocycles. The van der Waals surface area contributed by atoms with Crippen LogP contribution in [-0.4, -0.2) is 12.9 Å². The summed E-state index contributed by atoms with van der Waals surface area (Å²) < 4.78 is 16.6. The van der Waals surface area contributed by atoms with Crippen LogP contribution in [0.5, 0.6) is 11.5 Å². The van der Waals surface area contributed by atoms with Crippen molar-refractivity contribution in [2.75, 3.05) is 7.11 Å². The van der Waals surface area contributed by atoms with Crippen molar-refractivity contribution >= 4 is 23.5 Å². The average molecular weight is 383 g/mol. The first-order valence-corrected chi connectivity index (χ1v) is 8.77. The molecule has 0 bridgehead atoms. The van der Waals surface area contributed by atoms with Crippen molar-refractivity contribution in [2.24, 2.45) is 0 Å². The molecule has 0 amide bonds. The molecule has 0 N–H and O–H groups in total. The molecule has 0 saturated heterocycles. The Morgan fingerprint density at radius 2 is 1.96 bits per heavy atom. The first kappa shape index (κ1) is 18.8. The maximum atomic E-state index is 12.3. The Morgan fingerprint density at radius 1 is 1.15 bits per heavy atom. The number of furan rings is 1. The number of carbonyl (C=O) groups is 1. The fourth-order valence-corrected chi connectivity index (χ4v) is 2.64. The van der Waals surface area contributed by atoms with E-state index in [1.54, 1.807) is 36.4 Å². The largest absolute Gasteiger partial charge is 0.496 e. The van der Waals surface area contributed by atoms with E-state index < -0.39 is 0 Å². The maximum Gasteiger partial charge on any atom is 0.189 e. The van der Waals surface area contributed by atoms with Crippen LogP contribution in [-0.2, 0) is 6.61 Å². The molecule has 0 aliphatic heterocycles. The number of halogens is 1. The smallest absolute Gasteiger partial charge is 0.189 e. The minimum atomic E-state index is -0.154. The summed E-state index contributed by atoms with van der Waals surface area (Å²) in [7, 11) is 1.54. The molecule has 0 spiro atoms. The van der Waals surface area contributed by atoms with E-state index in [-0.39, 0.29) is 12.4 Å². The second kappa shape index (κ2) is 8.60. The van der Waals surface area contributed by atoms with Crippen molar-refractivity contribution < 1.29 is 18.7 Å². The summed E-state index contributed by atoms with van der Waals surface area (Å²) in [6.07, 6.45) is 3.09. The van der Waals surface area contributed by atoms with Gasteiger partial charge in [0.15, 0.2) is 5.78 Å². The summed E-state index contributed by atoms with van der Waals surface area (Å²) in [6.45, 7) is 2.21.